The smallest absolute Gasteiger partial charge is 0.238 e. The summed E-state index contributed by atoms with van der Waals surface area (Å²) in [4.78, 5) is 25.1. The molecular weight excluding hydrogens is 426 g/mol. The molecule has 2 aromatic carbocycles. The van der Waals surface area contributed by atoms with Crippen molar-refractivity contribution in [3.8, 4) is 0 Å². The van der Waals surface area contributed by atoms with E-state index in [9.17, 15) is 9.59 Å². The Balaban J connectivity index is 1.41. The molecule has 32 heavy (non-hydrogen) atoms. The molecule has 2 N–H and O–H groups in total. The Labute approximate surface area is 189 Å². The number of nitrogens with one attached hydrogen (secondary N) is 2. The van der Waals surface area contributed by atoms with Crippen molar-refractivity contribution in [2.45, 2.75) is 25.1 Å². The summed E-state index contributed by atoms with van der Waals surface area (Å²) < 4.78 is 11.0. The van der Waals surface area contributed by atoms with Crippen LogP contribution in [0.3, 0.4) is 0 Å². The Morgan fingerprint density at radius 2 is 1.81 bits per heavy atom. The molecule has 0 fully saturated rings. The number of para-hydroxylation sites is 1. The summed E-state index contributed by atoms with van der Waals surface area (Å²) in [5, 5.41) is 10.0. The Hall–Kier alpha value is -3.52. The highest BCUT2D eigenvalue weighted by Crippen LogP contribution is 2.28. The third-order valence-electron chi connectivity index (χ3n) is 4.88. The van der Waals surface area contributed by atoms with Gasteiger partial charge in [-0.15, -0.1) is 11.8 Å². The van der Waals surface area contributed by atoms with Gasteiger partial charge in [0, 0.05) is 11.5 Å². The molecule has 0 saturated carbocycles. The van der Waals surface area contributed by atoms with Gasteiger partial charge in [0.25, 0.3) is 0 Å². The first-order valence-corrected chi connectivity index (χ1v) is 11.2. The van der Waals surface area contributed by atoms with E-state index in [2.05, 4.69) is 15.8 Å². The SMILES string of the molecule is Cc1cc(NC(=O)[C@@H](C)SCC(=O)N[C@@H](c2ccccc2)c2cc3ccccc3o2)no1. The average molecular weight is 450 g/mol. The molecule has 164 valence electrons. The summed E-state index contributed by atoms with van der Waals surface area (Å²) in [6, 6.07) is 20.5. The third-order valence-corrected chi connectivity index (χ3v) is 6.02. The fourth-order valence-corrected chi connectivity index (χ4v) is 3.94. The predicted molar refractivity (Wildman–Crippen MR) is 124 cm³/mol. The van der Waals surface area contributed by atoms with Crippen LogP contribution in [0.4, 0.5) is 5.82 Å². The van der Waals surface area contributed by atoms with E-state index in [1.54, 1.807) is 19.9 Å². The molecule has 7 nitrogen and oxygen atoms in total. The molecule has 0 spiro atoms. The van der Waals surface area contributed by atoms with Gasteiger partial charge >= 0.3 is 0 Å². The molecule has 2 aromatic heterocycles. The molecule has 2 amide bonds. The van der Waals surface area contributed by atoms with Crippen molar-refractivity contribution in [1.82, 2.24) is 10.5 Å². The van der Waals surface area contributed by atoms with Crippen LogP contribution in [-0.4, -0.2) is 28.0 Å². The van der Waals surface area contributed by atoms with Crippen molar-refractivity contribution in [3.63, 3.8) is 0 Å². The highest BCUT2D eigenvalue weighted by atomic mass is 32.2. The van der Waals surface area contributed by atoms with Crippen molar-refractivity contribution < 1.29 is 18.5 Å². The molecule has 0 aliphatic heterocycles. The summed E-state index contributed by atoms with van der Waals surface area (Å²) in [5.41, 5.74) is 1.68. The zero-order chi connectivity index (χ0) is 22.5. The maximum Gasteiger partial charge on any atom is 0.238 e. The van der Waals surface area contributed by atoms with E-state index in [0.717, 1.165) is 16.5 Å². The minimum Gasteiger partial charge on any atom is -0.459 e. The number of hydrogen-bond acceptors (Lipinski definition) is 6. The van der Waals surface area contributed by atoms with Crippen LogP contribution in [0.5, 0.6) is 0 Å². The molecule has 4 rings (SSSR count). The summed E-state index contributed by atoms with van der Waals surface area (Å²) in [6.45, 7) is 3.49. The normalized spacial score (nSPS) is 12.9. The molecule has 2 heterocycles. The molecule has 0 bridgehead atoms. The second-order valence-corrected chi connectivity index (χ2v) is 8.69. The van der Waals surface area contributed by atoms with Crippen LogP contribution in [-0.2, 0) is 9.59 Å². The first kappa shape index (κ1) is 21.7. The molecule has 0 unspecified atom stereocenters. The number of amides is 2. The molecule has 0 aliphatic carbocycles. The van der Waals surface area contributed by atoms with Crippen molar-refractivity contribution >= 4 is 40.4 Å². The minimum absolute atomic E-state index is 0.121. The van der Waals surface area contributed by atoms with Gasteiger partial charge in [-0.1, -0.05) is 53.7 Å². The lowest BCUT2D eigenvalue weighted by atomic mass is 10.0. The Morgan fingerprint density at radius 3 is 2.53 bits per heavy atom. The maximum absolute atomic E-state index is 12.8. The van der Waals surface area contributed by atoms with E-state index in [4.69, 9.17) is 8.94 Å². The van der Waals surface area contributed by atoms with Gasteiger partial charge < -0.3 is 19.6 Å². The van der Waals surface area contributed by atoms with Crippen LogP contribution < -0.4 is 10.6 Å². The molecule has 0 aliphatic rings. The zero-order valence-corrected chi connectivity index (χ0v) is 18.5. The number of carbonyl (C=O) groups is 2. The Bertz CT molecular complexity index is 1190. The summed E-state index contributed by atoms with van der Waals surface area (Å²) in [5.74, 6) is 1.31. The fourth-order valence-electron chi connectivity index (χ4n) is 3.24. The van der Waals surface area contributed by atoms with E-state index < -0.39 is 11.3 Å². The molecule has 0 saturated heterocycles. The lowest BCUT2D eigenvalue weighted by Gasteiger charge is -2.18. The quantitative estimate of drug-likeness (QED) is 0.405. The minimum atomic E-state index is -0.445. The number of aryl methyl sites for hydroxylation is 1. The van der Waals surface area contributed by atoms with Crippen LogP contribution in [0, 0.1) is 6.92 Å². The number of rotatable bonds is 8. The van der Waals surface area contributed by atoms with Gasteiger partial charge in [0.15, 0.2) is 5.82 Å². The number of benzene rings is 2. The van der Waals surface area contributed by atoms with Gasteiger partial charge in [-0.05, 0) is 31.5 Å². The number of thioether (sulfide) groups is 1. The lowest BCUT2D eigenvalue weighted by molar-refractivity contribution is -0.119. The largest absolute Gasteiger partial charge is 0.459 e. The van der Waals surface area contributed by atoms with Crippen LogP contribution >= 0.6 is 11.8 Å². The third kappa shape index (κ3) is 5.20. The number of hydrogen-bond donors (Lipinski definition) is 2. The number of carbonyl (C=O) groups excluding carboxylic acids is 2. The number of furan rings is 1. The van der Waals surface area contributed by atoms with E-state index in [1.807, 2.05) is 60.7 Å². The maximum atomic E-state index is 12.8. The lowest BCUT2D eigenvalue weighted by Crippen LogP contribution is -2.32. The standard InChI is InChI=1S/C24H23N3O4S/c1-15-12-21(27-31-15)25-24(29)16(2)32-14-22(28)26-23(17-8-4-3-5-9-17)20-13-18-10-6-7-11-19(18)30-20/h3-13,16,23H,14H2,1-2H3,(H,26,28)(H,25,27,29)/t16-,23+/m1/s1. The van der Waals surface area contributed by atoms with E-state index >= 15 is 0 Å². The van der Waals surface area contributed by atoms with Crippen molar-refractivity contribution in [2.24, 2.45) is 0 Å². The topological polar surface area (TPSA) is 97.4 Å². The highest BCUT2D eigenvalue weighted by Gasteiger charge is 2.22. The molecule has 4 aromatic rings. The molecule has 2 atom stereocenters. The van der Waals surface area contributed by atoms with Crippen molar-refractivity contribution in [2.75, 3.05) is 11.1 Å². The first-order chi connectivity index (χ1) is 15.5. The van der Waals surface area contributed by atoms with Crippen LogP contribution in [0.25, 0.3) is 11.0 Å². The number of fused-ring (bicyclic) bond motifs is 1. The zero-order valence-electron chi connectivity index (χ0n) is 17.7. The number of nitrogens with zero attached hydrogens (tertiary/aromatic N) is 1. The summed E-state index contributed by atoms with van der Waals surface area (Å²) in [7, 11) is 0. The highest BCUT2D eigenvalue weighted by molar-refractivity contribution is 8.01. The second-order valence-electron chi connectivity index (χ2n) is 7.36. The monoisotopic (exact) mass is 449 g/mol. The van der Waals surface area contributed by atoms with Crippen molar-refractivity contribution in [3.05, 3.63) is 83.8 Å². The van der Waals surface area contributed by atoms with Crippen LogP contribution in [0.2, 0.25) is 0 Å². The van der Waals surface area contributed by atoms with Gasteiger partial charge in [-0.3, -0.25) is 9.59 Å². The number of aromatic nitrogens is 1. The summed E-state index contributed by atoms with van der Waals surface area (Å²) >= 11 is 1.24. The molecular formula is C24H23N3O4S. The van der Waals surface area contributed by atoms with E-state index in [1.165, 1.54) is 11.8 Å². The van der Waals surface area contributed by atoms with Gasteiger partial charge in [0.1, 0.15) is 23.1 Å². The van der Waals surface area contributed by atoms with Crippen LogP contribution in [0.1, 0.15) is 30.0 Å². The molecule has 0 radical (unpaired) electrons. The second kappa shape index (κ2) is 9.74. The summed E-state index contributed by atoms with van der Waals surface area (Å²) in [6.07, 6.45) is 0. The van der Waals surface area contributed by atoms with E-state index in [0.29, 0.717) is 17.3 Å². The molecule has 8 heteroatoms. The number of anilines is 1. The van der Waals surface area contributed by atoms with E-state index in [-0.39, 0.29) is 17.6 Å². The Kier molecular flexibility index (Phi) is 6.61. The van der Waals surface area contributed by atoms with Gasteiger partial charge in [0.2, 0.25) is 11.8 Å². The van der Waals surface area contributed by atoms with Crippen molar-refractivity contribution in [1.29, 1.82) is 0 Å². The first-order valence-electron chi connectivity index (χ1n) is 10.2. The fraction of sp³-hybridized carbons (Fsp3) is 0.208. The van der Waals surface area contributed by atoms with Gasteiger partial charge in [-0.25, -0.2) is 0 Å². The predicted octanol–water partition coefficient (Wildman–Crippen LogP) is 4.70. The van der Waals surface area contributed by atoms with Crippen LogP contribution in [0.15, 0.2) is 75.7 Å². The average Bonchev–Trinajstić information content (AvgIpc) is 3.42. The Morgan fingerprint density at radius 1 is 1.06 bits per heavy atom. The van der Waals surface area contributed by atoms with Gasteiger partial charge in [-0.2, -0.15) is 0 Å². The van der Waals surface area contributed by atoms with Gasteiger partial charge in [0.05, 0.1) is 11.0 Å².